The number of nitrogens with one attached hydrogen (secondary N) is 2. The Morgan fingerprint density at radius 3 is 2.55 bits per heavy atom. The molecule has 0 spiro atoms. The minimum Gasteiger partial charge on any atom is -0.363 e. The molecule has 0 saturated heterocycles. The zero-order chi connectivity index (χ0) is 16.7. The summed E-state index contributed by atoms with van der Waals surface area (Å²) in [6.07, 6.45) is 0.927. The molecule has 0 aliphatic carbocycles. The summed E-state index contributed by atoms with van der Waals surface area (Å²) in [7, 11) is 4.13. The number of aryl methyl sites for hydroxylation is 1. The third kappa shape index (κ3) is 5.67. The largest absolute Gasteiger partial charge is 0.363 e. The van der Waals surface area contributed by atoms with Gasteiger partial charge in [0, 0.05) is 46.2 Å². The highest BCUT2D eigenvalue weighted by Crippen LogP contribution is 2.23. The molecule has 0 saturated carbocycles. The maximum Gasteiger partial charge on any atom is 0.216 e. The summed E-state index contributed by atoms with van der Waals surface area (Å²) < 4.78 is 2.11. The fraction of sp³-hybridized carbons (Fsp3) is 0.750. The number of nitrogens with zero attached hydrogens (tertiary/aromatic N) is 3. The first kappa shape index (κ1) is 18.5. The lowest BCUT2D eigenvalue weighted by atomic mass is 10.2. The minimum absolute atomic E-state index is 0.0284. The number of rotatable bonds is 9. The van der Waals surface area contributed by atoms with Gasteiger partial charge in [0.2, 0.25) is 5.91 Å². The molecule has 0 fully saturated rings. The summed E-state index contributed by atoms with van der Waals surface area (Å²) in [4.78, 5) is 12.9. The Morgan fingerprint density at radius 1 is 1.32 bits per heavy atom. The average molecular weight is 309 g/mol. The van der Waals surface area contributed by atoms with Crippen LogP contribution in [0.3, 0.4) is 0 Å². The van der Waals surface area contributed by atoms with Crippen LogP contribution in [0.25, 0.3) is 0 Å². The fourth-order valence-electron chi connectivity index (χ4n) is 2.48. The third-order valence-corrected chi connectivity index (χ3v) is 3.39. The van der Waals surface area contributed by atoms with Gasteiger partial charge in [-0.05, 0) is 25.8 Å². The van der Waals surface area contributed by atoms with Gasteiger partial charge in [-0.3, -0.25) is 4.79 Å². The third-order valence-electron chi connectivity index (χ3n) is 3.39. The molecule has 6 nitrogen and oxygen atoms in total. The Labute approximate surface area is 134 Å². The Hall–Kier alpha value is -1.56. The molecule has 1 rings (SSSR count). The van der Waals surface area contributed by atoms with Crippen LogP contribution in [-0.2, 0) is 17.9 Å². The quantitative estimate of drug-likeness (QED) is 0.679. The van der Waals surface area contributed by atoms with Crippen LogP contribution in [0.2, 0.25) is 0 Å². The van der Waals surface area contributed by atoms with E-state index in [1.165, 1.54) is 11.4 Å². The van der Waals surface area contributed by atoms with Crippen molar-refractivity contribution in [3.05, 3.63) is 11.3 Å². The Kier molecular flexibility index (Phi) is 7.38. The van der Waals surface area contributed by atoms with Gasteiger partial charge in [0.05, 0.1) is 5.69 Å². The van der Waals surface area contributed by atoms with Gasteiger partial charge in [-0.15, -0.1) is 0 Å². The van der Waals surface area contributed by atoms with Crippen molar-refractivity contribution in [3.8, 4) is 0 Å². The summed E-state index contributed by atoms with van der Waals surface area (Å²) >= 11 is 0. The van der Waals surface area contributed by atoms with Crippen LogP contribution in [0.5, 0.6) is 0 Å². The van der Waals surface area contributed by atoms with Crippen LogP contribution in [0.15, 0.2) is 0 Å². The molecule has 0 bridgehead atoms. The number of hydrogen-bond donors (Lipinski definition) is 2. The van der Waals surface area contributed by atoms with Crippen molar-refractivity contribution < 1.29 is 4.79 Å². The lowest BCUT2D eigenvalue weighted by Crippen LogP contribution is -2.25. The molecule has 1 amide bonds. The highest BCUT2D eigenvalue weighted by atomic mass is 16.1. The van der Waals surface area contributed by atoms with Crippen LogP contribution in [0, 0.1) is 12.8 Å². The van der Waals surface area contributed by atoms with E-state index in [9.17, 15) is 4.79 Å². The molecule has 1 heterocycles. The maximum atomic E-state index is 10.8. The van der Waals surface area contributed by atoms with E-state index in [1.54, 1.807) is 6.92 Å². The molecule has 22 heavy (non-hydrogen) atoms. The number of aromatic nitrogens is 2. The summed E-state index contributed by atoms with van der Waals surface area (Å²) in [6.45, 7) is 11.3. The second kappa shape index (κ2) is 8.78. The summed E-state index contributed by atoms with van der Waals surface area (Å²) in [5, 5.41) is 10.9. The first-order valence-electron chi connectivity index (χ1n) is 8.01. The number of anilines is 1. The van der Waals surface area contributed by atoms with Gasteiger partial charge in [0.25, 0.3) is 0 Å². The lowest BCUT2D eigenvalue weighted by Gasteiger charge is -2.18. The van der Waals surface area contributed by atoms with Crippen LogP contribution in [0.1, 0.15) is 38.4 Å². The molecule has 0 atom stereocenters. The molecule has 0 aliphatic heterocycles. The molecular formula is C16H31N5O. The number of amides is 1. The maximum absolute atomic E-state index is 10.8. The molecule has 1 aromatic heterocycles. The van der Waals surface area contributed by atoms with Gasteiger partial charge in [0.1, 0.15) is 5.82 Å². The van der Waals surface area contributed by atoms with Gasteiger partial charge in [-0.2, -0.15) is 5.10 Å². The predicted octanol–water partition coefficient (Wildman–Crippen LogP) is 1.53. The smallest absolute Gasteiger partial charge is 0.216 e. The molecule has 126 valence electrons. The number of carbonyl (C=O) groups is 1. The van der Waals surface area contributed by atoms with Gasteiger partial charge < -0.3 is 15.5 Å². The second-order valence-electron chi connectivity index (χ2n) is 6.37. The zero-order valence-corrected chi connectivity index (χ0v) is 14.9. The summed E-state index contributed by atoms with van der Waals surface area (Å²) in [5.74, 6) is 1.78. The van der Waals surface area contributed by atoms with Crippen molar-refractivity contribution in [3.63, 3.8) is 0 Å². The van der Waals surface area contributed by atoms with Gasteiger partial charge in [-0.1, -0.05) is 13.8 Å². The van der Waals surface area contributed by atoms with E-state index in [1.807, 2.05) is 0 Å². The Morgan fingerprint density at radius 2 is 2.00 bits per heavy atom. The first-order valence-corrected chi connectivity index (χ1v) is 8.01. The van der Waals surface area contributed by atoms with Crippen molar-refractivity contribution in [2.75, 3.05) is 32.1 Å². The first-order chi connectivity index (χ1) is 10.3. The minimum atomic E-state index is 0.0284. The van der Waals surface area contributed by atoms with Crippen LogP contribution < -0.4 is 15.5 Å². The summed E-state index contributed by atoms with van der Waals surface area (Å²) in [5.41, 5.74) is 2.34. The molecule has 0 radical (unpaired) electrons. The normalized spacial score (nSPS) is 11.0. The zero-order valence-electron chi connectivity index (χ0n) is 14.9. The SMILES string of the molecule is CC(=O)NCCCNCc1c(C)nn(CC(C)C)c1N(C)C. The highest BCUT2D eigenvalue weighted by molar-refractivity contribution is 5.72. The predicted molar refractivity (Wildman–Crippen MR) is 91.1 cm³/mol. The molecule has 2 N–H and O–H groups in total. The van der Waals surface area contributed by atoms with Crippen molar-refractivity contribution in [1.29, 1.82) is 0 Å². The monoisotopic (exact) mass is 309 g/mol. The topological polar surface area (TPSA) is 62.2 Å². The summed E-state index contributed by atoms with van der Waals surface area (Å²) in [6, 6.07) is 0. The number of hydrogen-bond acceptors (Lipinski definition) is 4. The molecule has 0 unspecified atom stereocenters. The van der Waals surface area contributed by atoms with Crippen molar-refractivity contribution in [2.24, 2.45) is 5.92 Å². The van der Waals surface area contributed by atoms with Gasteiger partial charge in [-0.25, -0.2) is 4.68 Å². The molecule has 0 aromatic carbocycles. The average Bonchev–Trinajstić information content (AvgIpc) is 2.68. The lowest BCUT2D eigenvalue weighted by molar-refractivity contribution is -0.118. The van der Waals surface area contributed by atoms with Crippen LogP contribution >= 0.6 is 0 Å². The van der Waals surface area contributed by atoms with Gasteiger partial charge >= 0.3 is 0 Å². The molecular weight excluding hydrogens is 278 g/mol. The molecule has 6 heteroatoms. The number of carbonyl (C=O) groups excluding carboxylic acids is 1. The van der Waals surface area contributed by atoms with Crippen molar-refractivity contribution in [2.45, 2.75) is 47.2 Å². The fourth-order valence-corrected chi connectivity index (χ4v) is 2.48. The standard InChI is InChI=1S/C16H31N5O/c1-12(2)11-21-16(20(5)6)15(13(3)19-21)10-17-8-7-9-18-14(4)22/h12,17H,7-11H2,1-6H3,(H,18,22). The molecule has 1 aromatic rings. The van der Waals surface area contributed by atoms with E-state index in [4.69, 9.17) is 0 Å². The van der Waals surface area contributed by atoms with E-state index in [0.29, 0.717) is 12.5 Å². The van der Waals surface area contributed by atoms with Crippen molar-refractivity contribution in [1.82, 2.24) is 20.4 Å². The van der Waals surface area contributed by atoms with Crippen molar-refractivity contribution >= 4 is 11.7 Å². The van der Waals surface area contributed by atoms with E-state index < -0.39 is 0 Å². The Bertz CT molecular complexity index is 479. The van der Waals surface area contributed by atoms with E-state index in [2.05, 4.69) is 60.2 Å². The molecule has 0 aliphatic rings. The van der Waals surface area contributed by atoms with Gasteiger partial charge in [0.15, 0.2) is 0 Å². The van der Waals surface area contributed by atoms with E-state index >= 15 is 0 Å². The second-order valence-corrected chi connectivity index (χ2v) is 6.37. The van der Waals surface area contributed by atoms with E-state index in [-0.39, 0.29) is 5.91 Å². The van der Waals surface area contributed by atoms with E-state index in [0.717, 1.165) is 31.7 Å². The highest BCUT2D eigenvalue weighted by Gasteiger charge is 2.17. The van der Waals surface area contributed by atoms with Crippen LogP contribution in [-0.4, -0.2) is 42.9 Å². The Balaban J connectivity index is 2.61. The van der Waals surface area contributed by atoms with Crippen LogP contribution in [0.4, 0.5) is 5.82 Å².